The van der Waals surface area contributed by atoms with Gasteiger partial charge >= 0.3 is 6.09 Å². The third kappa shape index (κ3) is 4.73. The average Bonchev–Trinajstić information content (AvgIpc) is 3.49. The second kappa shape index (κ2) is 9.62. The van der Waals surface area contributed by atoms with Crippen LogP contribution < -0.4 is 0 Å². The highest BCUT2D eigenvalue weighted by molar-refractivity contribution is 14.1. The summed E-state index contributed by atoms with van der Waals surface area (Å²) in [5.74, 6) is 0. The minimum Gasteiger partial charge on any atom is -0.465 e. The molecule has 1 fully saturated rings. The molecule has 1 saturated heterocycles. The molecule has 11 nitrogen and oxygen atoms in total. The molecule has 5 heterocycles. The number of nitrogens with zero attached hydrogens (tertiary/aromatic N) is 8. The van der Waals surface area contributed by atoms with Crippen LogP contribution in [0.4, 0.5) is 4.79 Å². The zero-order chi connectivity index (χ0) is 23.7. The number of pyridine rings is 2. The van der Waals surface area contributed by atoms with Gasteiger partial charge in [-0.05, 0) is 60.1 Å². The van der Waals surface area contributed by atoms with Crippen LogP contribution in [0.5, 0.6) is 0 Å². The summed E-state index contributed by atoms with van der Waals surface area (Å²) in [6.45, 7) is 1.49. The average molecular weight is 574 g/mol. The van der Waals surface area contributed by atoms with Crippen LogP contribution in [-0.4, -0.2) is 71.0 Å². The van der Waals surface area contributed by atoms with Crippen molar-refractivity contribution in [3.05, 3.63) is 40.5 Å². The highest BCUT2D eigenvalue weighted by Gasteiger charge is 2.20. The molecule has 0 aliphatic carbocycles. The summed E-state index contributed by atoms with van der Waals surface area (Å²) in [7, 11) is 1.52. The number of hydrogen-bond donors (Lipinski definition) is 1. The van der Waals surface area contributed by atoms with E-state index in [1.54, 1.807) is 17.1 Å². The zero-order valence-electron chi connectivity index (χ0n) is 18.5. The molecule has 4 aromatic rings. The predicted molar refractivity (Wildman–Crippen MR) is 132 cm³/mol. The minimum absolute atomic E-state index is 0.0253. The molecule has 4 aromatic heterocycles. The SMILES string of the molecule is CN(CCn1cc(-c2cnc3ccc(-c4cn(C5CCCCO5)nc4I)nc3c2)nn1)C(=O)O. The van der Waals surface area contributed by atoms with Gasteiger partial charge in [0.2, 0.25) is 0 Å². The molecule has 0 aromatic carbocycles. The maximum atomic E-state index is 11.0. The van der Waals surface area contributed by atoms with Gasteiger partial charge in [-0.25, -0.2) is 14.5 Å². The summed E-state index contributed by atoms with van der Waals surface area (Å²) in [4.78, 5) is 21.5. The van der Waals surface area contributed by atoms with E-state index in [1.165, 1.54) is 11.9 Å². The van der Waals surface area contributed by atoms with Gasteiger partial charge in [-0.15, -0.1) is 5.10 Å². The van der Waals surface area contributed by atoms with Crippen LogP contribution in [0.1, 0.15) is 25.5 Å². The standard InChI is InChI=1S/C22H23IN8O3/c1-29(22(32)33)7-8-30-13-19(26-28-30)14-10-18-17(24-11-14)6-5-16(25-18)15-12-31(27-21(15)23)20-4-2-3-9-34-20/h5-6,10-13,20H,2-4,7-9H2,1H3,(H,32,33). The lowest BCUT2D eigenvalue weighted by Crippen LogP contribution is -2.28. The van der Waals surface area contributed by atoms with Crippen LogP contribution in [0.2, 0.25) is 0 Å². The molecule has 0 spiro atoms. The maximum absolute atomic E-state index is 11.0. The van der Waals surface area contributed by atoms with Crippen molar-refractivity contribution in [3.8, 4) is 22.5 Å². The van der Waals surface area contributed by atoms with E-state index in [2.05, 4.69) is 43.0 Å². The number of ether oxygens (including phenoxy) is 1. The normalized spacial score (nSPS) is 16.1. The number of aromatic nitrogens is 7. The van der Waals surface area contributed by atoms with Crippen molar-refractivity contribution < 1.29 is 14.6 Å². The Labute approximate surface area is 208 Å². The lowest BCUT2D eigenvalue weighted by atomic mass is 10.1. The second-order valence-electron chi connectivity index (χ2n) is 8.16. The number of likely N-dealkylation sites (N-methyl/N-ethyl adjacent to an activating group) is 1. The number of carboxylic acid groups (broad SMARTS) is 1. The van der Waals surface area contributed by atoms with Crippen LogP contribution in [-0.2, 0) is 11.3 Å². The molecule has 12 heteroatoms. The summed E-state index contributed by atoms with van der Waals surface area (Å²) in [6.07, 6.45) is 7.71. The van der Waals surface area contributed by atoms with Crippen molar-refractivity contribution in [2.24, 2.45) is 0 Å². The molecule has 1 unspecified atom stereocenters. The Balaban J connectivity index is 1.39. The molecule has 1 N–H and O–H groups in total. The number of halogens is 1. The van der Waals surface area contributed by atoms with E-state index in [0.717, 1.165) is 57.4 Å². The minimum atomic E-state index is -0.979. The number of carbonyl (C=O) groups is 1. The summed E-state index contributed by atoms with van der Waals surface area (Å²) in [5.41, 5.74) is 4.73. The van der Waals surface area contributed by atoms with Crippen LogP contribution >= 0.6 is 22.6 Å². The van der Waals surface area contributed by atoms with Gasteiger partial charge in [0, 0.05) is 38.2 Å². The van der Waals surface area contributed by atoms with Crippen LogP contribution in [0.15, 0.2) is 36.8 Å². The largest absolute Gasteiger partial charge is 0.465 e. The first-order valence-corrected chi connectivity index (χ1v) is 12.0. The summed E-state index contributed by atoms with van der Waals surface area (Å²) in [6, 6.07) is 5.84. The lowest BCUT2D eigenvalue weighted by molar-refractivity contribution is -0.0396. The topological polar surface area (TPSA) is 124 Å². The smallest absolute Gasteiger partial charge is 0.407 e. The second-order valence-corrected chi connectivity index (χ2v) is 9.19. The maximum Gasteiger partial charge on any atom is 0.407 e. The van der Waals surface area contributed by atoms with Gasteiger partial charge in [0.1, 0.15) is 15.6 Å². The van der Waals surface area contributed by atoms with Crippen LogP contribution in [0.3, 0.4) is 0 Å². The Morgan fingerprint density at radius 3 is 2.94 bits per heavy atom. The molecule has 34 heavy (non-hydrogen) atoms. The Kier molecular flexibility index (Phi) is 6.41. The van der Waals surface area contributed by atoms with Crippen LogP contribution in [0.25, 0.3) is 33.5 Å². The first-order chi connectivity index (χ1) is 16.5. The number of rotatable bonds is 6. The first kappa shape index (κ1) is 22.7. The van der Waals surface area contributed by atoms with Gasteiger partial charge in [0.25, 0.3) is 0 Å². The number of amides is 1. The van der Waals surface area contributed by atoms with Gasteiger partial charge in [0.15, 0.2) is 0 Å². The third-order valence-electron chi connectivity index (χ3n) is 5.78. The van der Waals surface area contributed by atoms with Crippen molar-refractivity contribution in [1.82, 2.24) is 39.6 Å². The lowest BCUT2D eigenvalue weighted by Gasteiger charge is -2.22. The Bertz CT molecular complexity index is 1330. The van der Waals surface area contributed by atoms with Crippen molar-refractivity contribution in [3.63, 3.8) is 0 Å². The van der Waals surface area contributed by atoms with Gasteiger partial charge in [0.05, 0.1) is 35.0 Å². The van der Waals surface area contributed by atoms with E-state index in [9.17, 15) is 4.79 Å². The number of hydrogen-bond acceptors (Lipinski definition) is 7. The Hall–Kier alpha value is -3.13. The van der Waals surface area contributed by atoms with Crippen molar-refractivity contribution >= 4 is 39.7 Å². The quantitative estimate of drug-likeness (QED) is 0.346. The molecule has 1 aliphatic rings. The predicted octanol–water partition coefficient (Wildman–Crippen LogP) is 3.67. The van der Waals surface area contributed by atoms with Gasteiger partial charge in [-0.1, -0.05) is 5.21 Å². The van der Waals surface area contributed by atoms with Gasteiger partial charge < -0.3 is 14.7 Å². The molecule has 0 saturated carbocycles. The van der Waals surface area contributed by atoms with E-state index in [0.29, 0.717) is 18.8 Å². The van der Waals surface area contributed by atoms with Gasteiger partial charge in [-0.3, -0.25) is 9.67 Å². The number of fused-ring (bicyclic) bond motifs is 1. The monoisotopic (exact) mass is 574 g/mol. The molecule has 0 radical (unpaired) electrons. The molecular weight excluding hydrogens is 551 g/mol. The summed E-state index contributed by atoms with van der Waals surface area (Å²) < 4.78 is 10.3. The van der Waals surface area contributed by atoms with Crippen molar-refractivity contribution in [1.29, 1.82) is 0 Å². The Morgan fingerprint density at radius 1 is 1.26 bits per heavy atom. The van der Waals surface area contributed by atoms with E-state index < -0.39 is 6.09 Å². The molecular formula is C22H23IN8O3. The fraction of sp³-hybridized carbons (Fsp3) is 0.364. The zero-order valence-corrected chi connectivity index (χ0v) is 20.7. The van der Waals surface area contributed by atoms with Crippen LogP contribution in [0, 0.1) is 3.70 Å². The first-order valence-electron chi connectivity index (χ1n) is 11.0. The molecule has 1 amide bonds. The van der Waals surface area contributed by atoms with Crippen molar-refractivity contribution in [2.45, 2.75) is 32.0 Å². The van der Waals surface area contributed by atoms with E-state index in [-0.39, 0.29) is 6.23 Å². The van der Waals surface area contributed by atoms with Gasteiger partial charge in [-0.2, -0.15) is 5.10 Å². The van der Waals surface area contributed by atoms with Crippen molar-refractivity contribution in [2.75, 3.05) is 20.2 Å². The fourth-order valence-corrected chi connectivity index (χ4v) is 4.47. The Morgan fingerprint density at radius 2 is 2.15 bits per heavy atom. The molecule has 1 aliphatic heterocycles. The molecule has 0 bridgehead atoms. The fourth-order valence-electron chi connectivity index (χ4n) is 3.81. The molecule has 5 rings (SSSR count). The van der Waals surface area contributed by atoms with E-state index >= 15 is 0 Å². The van der Waals surface area contributed by atoms with E-state index in [4.69, 9.17) is 14.8 Å². The highest BCUT2D eigenvalue weighted by atomic mass is 127. The highest BCUT2D eigenvalue weighted by Crippen LogP contribution is 2.29. The third-order valence-corrected chi connectivity index (χ3v) is 6.57. The van der Waals surface area contributed by atoms with E-state index in [1.807, 2.05) is 29.1 Å². The molecule has 176 valence electrons. The summed E-state index contributed by atoms with van der Waals surface area (Å²) >= 11 is 2.24. The molecule has 1 atom stereocenters. The summed E-state index contributed by atoms with van der Waals surface area (Å²) in [5, 5.41) is 22.0.